The Kier molecular flexibility index (Phi) is 12.4. The number of aliphatic carboxylic acids is 1. The van der Waals surface area contributed by atoms with Crippen molar-refractivity contribution in [2.45, 2.75) is 63.3 Å². The van der Waals surface area contributed by atoms with E-state index >= 15 is 0 Å². The van der Waals surface area contributed by atoms with Gasteiger partial charge in [-0.15, -0.1) is 0 Å². The van der Waals surface area contributed by atoms with Crippen LogP contribution in [0.5, 0.6) is 11.5 Å². The molecule has 0 aliphatic carbocycles. The lowest BCUT2D eigenvalue weighted by molar-refractivity contribution is -0.141. The van der Waals surface area contributed by atoms with E-state index < -0.39 is 72.1 Å². The molecule has 15 nitrogen and oxygen atoms in total. The molecule has 0 aromatic heterocycles. The van der Waals surface area contributed by atoms with E-state index in [9.17, 15) is 44.1 Å². The fraction of sp³-hybridized carbons (Fsp3) is 0.357. The molecule has 0 radical (unpaired) electrons. The first-order valence-corrected chi connectivity index (χ1v) is 13.2. The molecule has 0 aliphatic heterocycles. The zero-order valence-electron chi connectivity index (χ0n) is 23.6. The number of primary amides is 1. The highest BCUT2D eigenvalue weighted by Gasteiger charge is 2.30. The largest absolute Gasteiger partial charge is 0.508 e. The number of hydrogen-bond acceptors (Lipinski definition) is 9. The molecule has 2 aromatic carbocycles. The van der Waals surface area contributed by atoms with Crippen molar-refractivity contribution in [3.8, 4) is 11.5 Å². The van der Waals surface area contributed by atoms with E-state index in [4.69, 9.17) is 11.5 Å². The van der Waals surface area contributed by atoms with Crippen LogP contribution in [-0.4, -0.2) is 81.0 Å². The van der Waals surface area contributed by atoms with Crippen molar-refractivity contribution in [1.82, 2.24) is 21.3 Å². The highest BCUT2D eigenvalue weighted by Crippen LogP contribution is 2.14. The Bertz CT molecular complexity index is 1320. The first-order valence-electron chi connectivity index (χ1n) is 13.2. The minimum absolute atomic E-state index is 0.0262. The summed E-state index contributed by atoms with van der Waals surface area (Å²) >= 11 is 0. The molecule has 43 heavy (non-hydrogen) atoms. The van der Waals surface area contributed by atoms with Crippen molar-refractivity contribution in [2.75, 3.05) is 0 Å². The number of carboxylic acids is 1. The summed E-state index contributed by atoms with van der Waals surface area (Å²) in [4.78, 5) is 74.2. The second kappa shape index (κ2) is 15.7. The van der Waals surface area contributed by atoms with Gasteiger partial charge in [0.2, 0.25) is 29.5 Å². The molecular weight excluding hydrogens is 564 g/mol. The lowest BCUT2D eigenvalue weighted by Crippen LogP contribution is -2.58. The standard InChI is InChI=1S/C28H36N6O9/c1-14(31-25(39)20(29)13-23(30)37)24(38)33-22(12-17-5-9-19(36)10-6-17)27(41)34-21(26(40)32-15(2)28(42)43)11-16-3-7-18(35)8-4-16/h3-10,14-15,20-22,35-36H,11-13,29H2,1-2H3,(H2,30,37)(H,31,39)(H,32,40)(H,33,38)(H,34,41)(H,42,43)/t14-,15-,20-,21-,22-/m0/s1. The molecule has 232 valence electrons. The Morgan fingerprint density at radius 1 is 0.651 bits per heavy atom. The highest BCUT2D eigenvalue weighted by atomic mass is 16.4. The highest BCUT2D eigenvalue weighted by molar-refractivity contribution is 5.96. The van der Waals surface area contributed by atoms with E-state index in [0.717, 1.165) is 0 Å². The SMILES string of the molecule is C[C@H](NC(=O)[C@H](Cc1ccc(O)cc1)NC(=O)[C@H](Cc1ccc(O)cc1)NC(=O)[C@H](C)NC(=O)[C@@H](N)CC(N)=O)C(=O)O. The number of hydrogen-bond donors (Lipinski definition) is 9. The van der Waals surface area contributed by atoms with Crippen LogP contribution in [-0.2, 0) is 41.6 Å². The fourth-order valence-corrected chi connectivity index (χ4v) is 3.79. The molecule has 5 atom stereocenters. The first kappa shape index (κ1) is 34.0. The topological polar surface area (TPSA) is 263 Å². The average Bonchev–Trinajstić information content (AvgIpc) is 2.93. The number of aromatic hydroxyl groups is 2. The molecule has 0 heterocycles. The molecule has 0 aliphatic rings. The van der Waals surface area contributed by atoms with Crippen molar-refractivity contribution in [2.24, 2.45) is 11.5 Å². The zero-order chi connectivity index (χ0) is 32.3. The fourth-order valence-electron chi connectivity index (χ4n) is 3.79. The van der Waals surface area contributed by atoms with Crippen molar-refractivity contribution in [1.29, 1.82) is 0 Å². The Morgan fingerprint density at radius 3 is 1.47 bits per heavy atom. The van der Waals surface area contributed by atoms with Gasteiger partial charge in [0.1, 0.15) is 35.7 Å². The van der Waals surface area contributed by atoms with Crippen LogP contribution >= 0.6 is 0 Å². The lowest BCUT2D eigenvalue weighted by atomic mass is 10.0. The molecule has 2 aromatic rings. The minimum atomic E-state index is -1.30. The third-order valence-electron chi connectivity index (χ3n) is 6.26. The van der Waals surface area contributed by atoms with E-state index in [1.165, 1.54) is 62.4 Å². The number of carboxylic acid groups (broad SMARTS) is 1. The summed E-state index contributed by atoms with van der Waals surface area (Å²) < 4.78 is 0. The quantitative estimate of drug-likeness (QED) is 0.110. The molecule has 0 saturated carbocycles. The maximum Gasteiger partial charge on any atom is 0.325 e. The predicted octanol–water partition coefficient (Wildman–Crippen LogP) is -1.85. The van der Waals surface area contributed by atoms with Crippen LogP contribution < -0.4 is 32.7 Å². The summed E-state index contributed by atoms with van der Waals surface area (Å²) in [5, 5.41) is 38.1. The number of phenols is 2. The molecule has 11 N–H and O–H groups in total. The molecule has 5 amide bonds. The third-order valence-corrected chi connectivity index (χ3v) is 6.26. The van der Waals surface area contributed by atoms with Gasteiger partial charge in [-0.3, -0.25) is 28.8 Å². The van der Waals surface area contributed by atoms with Crippen molar-refractivity contribution < 1.29 is 44.1 Å². The van der Waals surface area contributed by atoms with Gasteiger partial charge in [0.05, 0.1) is 12.5 Å². The van der Waals surface area contributed by atoms with E-state index in [2.05, 4.69) is 21.3 Å². The molecule has 0 spiro atoms. The van der Waals surface area contributed by atoms with Crippen molar-refractivity contribution in [3.05, 3.63) is 59.7 Å². The molecule has 0 fully saturated rings. The van der Waals surface area contributed by atoms with Crippen LogP contribution in [0.3, 0.4) is 0 Å². The molecule has 15 heteroatoms. The number of carbonyl (C=O) groups excluding carboxylic acids is 5. The zero-order valence-corrected chi connectivity index (χ0v) is 23.6. The second-order valence-corrected chi connectivity index (χ2v) is 9.94. The van der Waals surface area contributed by atoms with Gasteiger partial charge in [-0.2, -0.15) is 0 Å². The van der Waals surface area contributed by atoms with E-state index in [1.807, 2.05) is 0 Å². The van der Waals surface area contributed by atoms with Crippen LogP contribution in [0.4, 0.5) is 0 Å². The number of rotatable bonds is 15. The van der Waals surface area contributed by atoms with Gasteiger partial charge < -0.3 is 48.1 Å². The van der Waals surface area contributed by atoms with E-state index in [0.29, 0.717) is 11.1 Å². The third kappa shape index (κ3) is 11.3. The number of nitrogens with one attached hydrogen (secondary N) is 4. The average molecular weight is 601 g/mol. The Morgan fingerprint density at radius 2 is 1.05 bits per heavy atom. The summed E-state index contributed by atoms with van der Waals surface area (Å²) in [6, 6.07) is 5.23. The van der Waals surface area contributed by atoms with Gasteiger partial charge in [0.25, 0.3) is 0 Å². The number of nitrogens with two attached hydrogens (primary N) is 2. The number of phenolic OH excluding ortho intramolecular Hbond substituents is 2. The summed E-state index contributed by atoms with van der Waals surface area (Å²) in [6.45, 7) is 2.58. The maximum atomic E-state index is 13.5. The Balaban J connectivity index is 2.29. The van der Waals surface area contributed by atoms with Crippen LogP contribution in [0.2, 0.25) is 0 Å². The number of carbonyl (C=O) groups is 6. The van der Waals surface area contributed by atoms with Gasteiger partial charge in [-0.25, -0.2) is 0 Å². The second-order valence-electron chi connectivity index (χ2n) is 9.94. The lowest BCUT2D eigenvalue weighted by Gasteiger charge is -2.25. The smallest absolute Gasteiger partial charge is 0.325 e. The van der Waals surface area contributed by atoms with Gasteiger partial charge in [-0.1, -0.05) is 24.3 Å². The van der Waals surface area contributed by atoms with Crippen molar-refractivity contribution >= 4 is 35.5 Å². The predicted molar refractivity (Wildman–Crippen MR) is 152 cm³/mol. The first-order chi connectivity index (χ1) is 20.2. The Labute approximate surface area is 247 Å². The Hall–Kier alpha value is -5.18. The molecule has 0 unspecified atom stereocenters. The summed E-state index contributed by atoms with van der Waals surface area (Å²) in [5.74, 6) is -5.40. The van der Waals surface area contributed by atoms with Gasteiger partial charge in [0, 0.05) is 12.8 Å². The van der Waals surface area contributed by atoms with Crippen LogP contribution in [0.15, 0.2) is 48.5 Å². The van der Waals surface area contributed by atoms with Crippen LogP contribution in [0.25, 0.3) is 0 Å². The van der Waals surface area contributed by atoms with Gasteiger partial charge in [-0.05, 0) is 49.2 Å². The summed E-state index contributed by atoms with van der Waals surface area (Å²) in [7, 11) is 0. The van der Waals surface area contributed by atoms with Gasteiger partial charge >= 0.3 is 5.97 Å². The molecular formula is C28H36N6O9. The van der Waals surface area contributed by atoms with E-state index in [1.54, 1.807) is 0 Å². The molecule has 2 rings (SSSR count). The number of benzene rings is 2. The van der Waals surface area contributed by atoms with Crippen LogP contribution in [0, 0.1) is 0 Å². The van der Waals surface area contributed by atoms with E-state index in [-0.39, 0.29) is 24.3 Å². The minimum Gasteiger partial charge on any atom is -0.508 e. The normalized spacial score (nSPS) is 14.2. The number of amides is 5. The monoisotopic (exact) mass is 600 g/mol. The van der Waals surface area contributed by atoms with Gasteiger partial charge in [0.15, 0.2) is 0 Å². The molecule has 0 saturated heterocycles. The van der Waals surface area contributed by atoms with Crippen LogP contribution in [0.1, 0.15) is 31.4 Å². The summed E-state index contributed by atoms with van der Waals surface area (Å²) in [5.41, 5.74) is 11.7. The van der Waals surface area contributed by atoms with Crippen molar-refractivity contribution in [3.63, 3.8) is 0 Å². The molecule has 0 bridgehead atoms. The summed E-state index contributed by atoms with van der Waals surface area (Å²) in [6.07, 6.45) is -0.635. The maximum absolute atomic E-state index is 13.5.